The lowest BCUT2D eigenvalue weighted by molar-refractivity contribution is -0.123. The van der Waals surface area contributed by atoms with E-state index in [1.165, 1.54) is 7.11 Å². The van der Waals surface area contributed by atoms with Gasteiger partial charge in [-0.1, -0.05) is 29.3 Å². The summed E-state index contributed by atoms with van der Waals surface area (Å²) in [6.07, 6.45) is 1.22. The molecule has 0 aromatic heterocycles. The molecule has 25 heavy (non-hydrogen) atoms. The van der Waals surface area contributed by atoms with Crippen LogP contribution in [0.3, 0.4) is 0 Å². The summed E-state index contributed by atoms with van der Waals surface area (Å²) in [6, 6.07) is 10.0. The zero-order chi connectivity index (χ0) is 18.2. The second kappa shape index (κ2) is 9.30. The molecule has 0 fully saturated rings. The van der Waals surface area contributed by atoms with Crippen LogP contribution in [-0.4, -0.2) is 32.5 Å². The third-order valence-corrected chi connectivity index (χ3v) is 4.02. The fraction of sp³-hybridized carbons (Fsp3) is 0.222. The quantitative estimate of drug-likeness (QED) is 0.710. The van der Waals surface area contributed by atoms with Crippen LogP contribution in [0.2, 0.25) is 10.0 Å². The van der Waals surface area contributed by atoms with Crippen molar-refractivity contribution in [2.75, 3.05) is 20.3 Å². The van der Waals surface area contributed by atoms with Crippen LogP contribution in [0.25, 0.3) is 0 Å². The number of hydrogen-bond acceptors (Lipinski definition) is 4. The van der Waals surface area contributed by atoms with Gasteiger partial charge < -0.3 is 14.8 Å². The first-order valence-corrected chi connectivity index (χ1v) is 8.25. The number of nitrogens with one attached hydrogen (secondary N) is 1. The number of benzene rings is 2. The summed E-state index contributed by atoms with van der Waals surface area (Å²) in [6.45, 7) is 0.216. The van der Waals surface area contributed by atoms with Crippen LogP contribution in [0.4, 0.5) is 0 Å². The van der Waals surface area contributed by atoms with Crippen molar-refractivity contribution in [1.82, 2.24) is 5.32 Å². The Morgan fingerprint density at radius 3 is 2.68 bits per heavy atom. The Balaban J connectivity index is 1.82. The van der Waals surface area contributed by atoms with Gasteiger partial charge in [-0.2, -0.15) is 0 Å². The Morgan fingerprint density at radius 1 is 1.20 bits per heavy atom. The van der Waals surface area contributed by atoms with Gasteiger partial charge in [0.05, 0.1) is 12.7 Å². The smallest absolute Gasteiger partial charge is 0.257 e. The Hall–Kier alpha value is -2.24. The molecule has 0 aliphatic heterocycles. The predicted octanol–water partition coefficient (Wildman–Crippen LogP) is 3.55. The van der Waals surface area contributed by atoms with Crippen LogP contribution in [0.5, 0.6) is 11.5 Å². The van der Waals surface area contributed by atoms with Crippen molar-refractivity contribution < 1.29 is 19.1 Å². The Bertz CT molecular complexity index is 765. The van der Waals surface area contributed by atoms with Crippen molar-refractivity contribution >= 4 is 35.4 Å². The monoisotopic (exact) mass is 381 g/mol. The zero-order valence-corrected chi connectivity index (χ0v) is 15.1. The number of carbonyl (C=O) groups is 2. The molecule has 2 aromatic carbocycles. The molecular formula is C18H17Cl2NO4. The molecule has 0 saturated carbocycles. The third kappa shape index (κ3) is 5.66. The van der Waals surface area contributed by atoms with Crippen LogP contribution in [0.15, 0.2) is 36.4 Å². The predicted molar refractivity (Wildman–Crippen MR) is 97.1 cm³/mol. The fourth-order valence-electron chi connectivity index (χ4n) is 2.13. The number of aldehydes is 1. The molecule has 2 aromatic rings. The van der Waals surface area contributed by atoms with Gasteiger partial charge in [-0.3, -0.25) is 9.59 Å². The van der Waals surface area contributed by atoms with Gasteiger partial charge in [0.15, 0.2) is 12.9 Å². The molecule has 0 saturated heterocycles. The molecule has 0 atom stereocenters. The van der Waals surface area contributed by atoms with Crippen LogP contribution < -0.4 is 14.8 Å². The van der Waals surface area contributed by atoms with E-state index >= 15 is 0 Å². The highest BCUT2D eigenvalue weighted by Gasteiger charge is 2.08. The zero-order valence-electron chi connectivity index (χ0n) is 13.6. The van der Waals surface area contributed by atoms with E-state index in [1.54, 1.807) is 30.3 Å². The maximum atomic E-state index is 11.9. The Morgan fingerprint density at radius 2 is 2.00 bits per heavy atom. The van der Waals surface area contributed by atoms with E-state index < -0.39 is 0 Å². The topological polar surface area (TPSA) is 64.6 Å². The van der Waals surface area contributed by atoms with Crippen LogP contribution in [-0.2, 0) is 11.2 Å². The van der Waals surface area contributed by atoms with Gasteiger partial charge in [0.25, 0.3) is 5.91 Å². The van der Waals surface area contributed by atoms with Crippen molar-refractivity contribution in [3.8, 4) is 11.5 Å². The molecule has 1 N–H and O–H groups in total. The number of ether oxygens (including phenoxy) is 2. The molecule has 7 heteroatoms. The van der Waals surface area contributed by atoms with E-state index in [1.807, 2.05) is 6.07 Å². The van der Waals surface area contributed by atoms with Gasteiger partial charge in [0.2, 0.25) is 0 Å². The van der Waals surface area contributed by atoms with Crippen LogP contribution >= 0.6 is 23.2 Å². The van der Waals surface area contributed by atoms with Gasteiger partial charge in [-0.05, 0) is 42.3 Å². The van der Waals surface area contributed by atoms with E-state index in [0.29, 0.717) is 46.4 Å². The van der Waals surface area contributed by atoms with E-state index in [0.717, 1.165) is 5.56 Å². The first-order valence-electron chi connectivity index (χ1n) is 7.50. The molecule has 1 amide bonds. The summed E-state index contributed by atoms with van der Waals surface area (Å²) < 4.78 is 10.4. The molecule has 0 bridgehead atoms. The largest absolute Gasteiger partial charge is 0.497 e. The molecule has 0 radical (unpaired) electrons. The van der Waals surface area contributed by atoms with Crippen LogP contribution in [0.1, 0.15) is 15.9 Å². The highest BCUT2D eigenvalue weighted by molar-refractivity contribution is 6.35. The highest BCUT2D eigenvalue weighted by atomic mass is 35.5. The van der Waals surface area contributed by atoms with Gasteiger partial charge in [-0.25, -0.2) is 0 Å². The van der Waals surface area contributed by atoms with Crippen molar-refractivity contribution in [2.45, 2.75) is 6.42 Å². The van der Waals surface area contributed by atoms with Gasteiger partial charge >= 0.3 is 0 Å². The van der Waals surface area contributed by atoms with E-state index in [4.69, 9.17) is 32.7 Å². The summed E-state index contributed by atoms with van der Waals surface area (Å²) in [7, 11) is 1.50. The molecule has 2 rings (SSSR count). The molecule has 132 valence electrons. The maximum Gasteiger partial charge on any atom is 0.257 e. The SMILES string of the molecule is COc1ccc(OCC(=O)NCCc2ccc(Cl)cc2Cl)c(C=O)c1. The second-order valence-corrected chi connectivity index (χ2v) is 5.99. The lowest BCUT2D eigenvalue weighted by Gasteiger charge is -2.10. The van der Waals surface area contributed by atoms with Gasteiger partial charge in [0.1, 0.15) is 11.5 Å². The van der Waals surface area contributed by atoms with Crippen molar-refractivity contribution in [3.63, 3.8) is 0 Å². The summed E-state index contributed by atoms with van der Waals surface area (Å²) >= 11 is 11.9. The number of amides is 1. The lowest BCUT2D eigenvalue weighted by Crippen LogP contribution is -2.30. The average Bonchev–Trinajstić information content (AvgIpc) is 2.61. The number of halogens is 2. The Kier molecular flexibility index (Phi) is 7.10. The molecular weight excluding hydrogens is 365 g/mol. The first kappa shape index (κ1) is 19.1. The molecule has 0 aliphatic rings. The maximum absolute atomic E-state index is 11.9. The minimum absolute atomic E-state index is 0.193. The van der Waals surface area contributed by atoms with Gasteiger partial charge in [-0.15, -0.1) is 0 Å². The third-order valence-electron chi connectivity index (χ3n) is 3.43. The molecule has 0 unspecified atom stereocenters. The highest BCUT2D eigenvalue weighted by Crippen LogP contribution is 2.23. The number of methoxy groups -OCH3 is 1. The van der Waals surface area contributed by atoms with E-state index in [-0.39, 0.29) is 12.5 Å². The molecule has 0 spiro atoms. The number of rotatable bonds is 8. The minimum Gasteiger partial charge on any atom is -0.497 e. The van der Waals surface area contributed by atoms with Gasteiger partial charge in [0, 0.05) is 16.6 Å². The normalized spacial score (nSPS) is 10.2. The number of hydrogen-bond donors (Lipinski definition) is 1. The molecule has 0 heterocycles. The minimum atomic E-state index is -0.294. The fourth-order valence-corrected chi connectivity index (χ4v) is 2.64. The van der Waals surface area contributed by atoms with Crippen molar-refractivity contribution in [2.24, 2.45) is 0 Å². The van der Waals surface area contributed by atoms with Crippen molar-refractivity contribution in [1.29, 1.82) is 0 Å². The first-order chi connectivity index (χ1) is 12.0. The standard InChI is InChI=1S/C18H17Cl2NO4/c1-24-15-4-5-17(13(8-15)10-22)25-11-18(23)21-7-6-12-2-3-14(19)9-16(12)20/h2-5,8-10H,6-7,11H2,1H3,(H,21,23). The van der Waals surface area contributed by atoms with Crippen molar-refractivity contribution in [3.05, 3.63) is 57.6 Å². The summed E-state index contributed by atoms with van der Waals surface area (Å²) in [5.74, 6) is 0.572. The second-order valence-electron chi connectivity index (χ2n) is 5.15. The average molecular weight is 382 g/mol. The van der Waals surface area contributed by atoms with Crippen LogP contribution in [0, 0.1) is 0 Å². The molecule has 5 nitrogen and oxygen atoms in total. The summed E-state index contributed by atoms with van der Waals surface area (Å²) in [5, 5.41) is 3.86. The summed E-state index contributed by atoms with van der Waals surface area (Å²) in [4.78, 5) is 22.9. The lowest BCUT2D eigenvalue weighted by atomic mass is 10.1. The summed E-state index contributed by atoms with van der Waals surface area (Å²) in [5.41, 5.74) is 1.21. The van der Waals surface area contributed by atoms with E-state index in [2.05, 4.69) is 5.32 Å². The molecule has 0 aliphatic carbocycles. The Labute approximate surface area is 155 Å². The van der Waals surface area contributed by atoms with E-state index in [9.17, 15) is 9.59 Å². The number of carbonyl (C=O) groups excluding carboxylic acids is 2.